The number of amides is 1. The summed E-state index contributed by atoms with van der Waals surface area (Å²) in [6.45, 7) is 2.35. The molecule has 2 aromatic rings. The molecule has 1 amide bonds. The molecule has 1 unspecified atom stereocenters. The second-order valence-electron chi connectivity index (χ2n) is 6.16. The van der Waals surface area contributed by atoms with Gasteiger partial charge in [-0.15, -0.1) is 0 Å². The van der Waals surface area contributed by atoms with Gasteiger partial charge in [0, 0.05) is 11.6 Å². The third kappa shape index (κ3) is 5.64. The lowest BCUT2D eigenvalue weighted by atomic mass is 10.2. The van der Waals surface area contributed by atoms with Gasteiger partial charge in [-0.25, -0.2) is 0 Å². The average Bonchev–Trinajstić information content (AvgIpc) is 3.20. The zero-order valence-electron chi connectivity index (χ0n) is 14.5. The lowest BCUT2D eigenvalue weighted by Gasteiger charge is -2.12. The van der Waals surface area contributed by atoms with E-state index < -0.39 is 0 Å². The van der Waals surface area contributed by atoms with Crippen LogP contribution in [0.2, 0.25) is 5.02 Å². The molecule has 1 heterocycles. The molecule has 0 aliphatic carbocycles. The number of carbonyl (C=O) groups excluding carboxylic acids is 1. The van der Waals surface area contributed by atoms with Crippen LogP contribution in [-0.2, 0) is 11.3 Å². The second-order valence-corrected chi connectivity index (χ2v) is 6.60. The molecular formula is C20H23ClN2O3. The van der Waals surface area contributed by atoms with Crippen molar-refractivity contribution in [3.05, 3.63) is 59.1 Å². The average molecular weight is 375 g/mol. The van der Waals surface area contributed by atoms with Crippen LogP contribution in [0.3, 0.4) is 0 Å². The Hall–Kier alpha value is -2.24. The Labute approximate surface area is 158 Å². The standard InChI is InChI=1S/C20H23ClN2O3/c21-16-5-9-18(10-6-16)26-13-12-25-17-7-3-15(4-8-17)14-23-20(24)19-2-1-11-22-19/h3-10,19,22H,1-2,11-14H2,(H,23,24). The van der Waals surface area contributed by atoms with E-state index in [9.17, 15) is 4.79 Å². The van der Waals surface area contributed by atoms with E-state index in [1.165, 1.54) is 0 Å². The van der Waals surface area contributed by atoms with Crippen LogP contribution in [-0.4, -0.2) is 31.7 Å². The molecule has 0 spiro atoms. The van der Waals surface area contributed by atoms with Crippen molar-refractivity contribution in [3.8, 4) is 11.5 Å². The van der Waals surface area contributed by atoms with E-state index in [1.807, 2.05) is 36.4 Å². The highest BCUT2D eigenvalue weighted by atomic mass is 35.5. The van der Waals surface area contributed by atoms with Crippen LogP contribution in [0.25, 0.3) is 0 Å². The van der Waals surface area contributed by atoms with Crippen molar-refractivity contribution in [2.24, 2.45) is 0 Å². The van der Waals surface area contributed by atoms with Gasteiger partial charge in [-0.1, -0.05) is 23.7 Å². The van der Waals surface area contributed by atoms with Gasteiger partial charge in [-0.2, -0.15) is 0 Å². The summed E-state index contributed by atoms with van der Waals surface area (Å²) in [4.78, 5) is 12.0. The summed E-state index contributed by atoms with van der Waals surface area (Å²) in [5.41, 5.74) is 1.04. The van der Waals surface area contributed by atoms with Crippen LogP contribution < -0.4 is 20.1 Å². The maximum absolute atomic E-state index is 12.0. The molecule has 2 N–H and O–H groups in total. The van der Waals surface area contributed by atoms with E-state index >= 15 is 0 Å². The van der Waals surface area contributed by atoms with Gasteiger partial charge in [0.2, 0.25) is 5.91 Å². The summed E-state index contributed by atoms with van der Waals surface area (Å²) in [5, 5.41) is 6.84. The Morgan fingerprint density at radius 1 is 1.04 bits per heavy atom. The molecule has 26 heavy (non-hydrogen) atoms. The number of rotatable bonds is 8. The second kappa shape index (κ2) is 9.46. The Morgan fingerprint density at radius 2 is 1.65 bits per heavy atom. The molecule has 1 fully saturated rings. The summed E-state index contributed by atoms with van der Waals surface area (Å²) in [7, 11) is 0. The molecule has 1 aliphatic rings. The maximum Gasteiger partial charge on any atom is 0.237 e. The van der Waals surface area contributed by atoms with Crippen molar-refractivity contribution in [1.82, 2.24) is 10.6 Å². The zero-order valence-corrected chi connectivity index (χ0v) is 15.3. The molecule has 0 saturated carbocycles. The predicted octanol–water partition coefficient (Wildman–Crippen LogP) is 3.17. The van der Waals surface area contributed by atoms with Crippen molar-refractivity contribution in [1.29, 1.82) is 0 Å². The predicted molar refractivity (Wildman–Crippen MR) is 102 cm³/mol. The number of carbonyl (C=O) groups is 1. The summed E-state index contributed by atoms with van der Waals surface area (Å²) >= 11 is 5.83. The molecule has 138 valence electrons. The first-order chi connectivity index (χ1) is 12.7. The van der Waals surface area contributed by atoms with Crippen LogP contribution >= 0.6 is 11.6 Å². The van der Waals surface area contributed by atoms with Crippen LogP contribution in [0.1, 0.15) is 18.4 Å². The first-order valence-corrected chi connectivity index (χ1v) is 9.20. The molecule has 0 radical (unpaired) electrons. The van der Waals surface area contributed by atoms with Crippen LogP contribution in [0.15, 0.2) is 48.5 Å². The van der Waals surface area contributed by atoms with E-state index in [0.29, 0.717) is 24.8 Å². The molecule has 1 saturated heterocycles. The number of hydrogen-bond acceptors (Lipinski definition) is 4. The van der Waals surface area contributed by atoms with Gasteiger partial charge < -0.3 is 20.1 Å². The highest BCUT2D eigenvalue weighted by Gasteiger charge is 2.21. The normalized spacial score (nSPS) is 16.3. The van der Waals surface area contributed by atoms with E-state index in [2.05, 4.69) is 10.6 Å². The minimum atomic E-state index is -0.0433. The van der Waals surface area contributed by atoms with Crippen molar-refractivity contribution in [2.45, 2.75) is 25.4 Å². The van der Waals surface area contributed by atoms with Gasteiger partial charge in [0.15, 0.2) is 0 Å². The molecule has 1 aliphatic heterocycles. The van der Waals surface area contributed by atoms with Gasteiger partial charge in [-0.05, 0) is 61.3 Å². The number of halogens is 1. The lowest BCUT2D eigenvalue weighted by molar-refractivity contribution is -0.122. The van der Waals surface area contributed by atoms with Crippen LogP contribution in [0, 0.1) is 0 Å². The van der Waals surface area contributed by atoms with E-state index in [4.69, 9.17) is 21.1 Å². The van der Waals surface area contributed by atoms with E-state index in [0.717, 1.165) is 36.4 Å². The smallest absolute Gasteiger partial charge is 0.237 e. The molecule has 5 nitrogen and oxygen atoms in total. The number of ether oxygens (including phenoxy) is 2. The highest BCUT2D eigenvalue weighted by Crippen LogP contribution is 2.16. The van der Waals surface area contributed by atoms with Gasteiger partial charge in [-0.3, -0.25) is 4.79 Å². The fourth-order valence-corrected chi connectivity index (χ4v) is 2.90. The summed E-state index contributed by atoms with van der Waals surface area (Å²) in [5.74, 6) is 1.61. The molecule has 0 aromatic heterocycles. The quantitative estimate of drug-likeness (QED) is 0.697. The molecule has 3 rings (SSSR count). The first-order valence-electron chi connectivity index (χ1n) is 8.82. The Bertz CT molecular complexity index is 698. The summed E-state index contributed by atoms with van der Waals surface area (Å²) in [6.07, 6.45) is 1.97. The fourth-order valence-electron chi connectivity index (χ4n) is 2.77. The monoisotopic (exact) mass is 374 g/mol. The summed E-state index contributed by atoms with van der Waals surface area (Å²) < 4.78 is 11.2. The molecular weight excluding hydrogens is 352 g/mol. The number of hydrogen-bond donors (Lipinski definition) is 2. The van der Waals surface area contributed by atoms with Gasteiger partial charge in [0.25, 0.3) is 0 Å². The maximum atomic E-state index is 12.0. The summed E-state index contributed by atoms with van der Waals surface area (Å²) in [6, 6.07) is 14.9. The zero-order chi connectivity index (χ0) is 18.2. The van der Waals surface area contributed by atoms with Crippen molar-refractivity contribution >= 4 is 17.5 Å². The van der Waals surface area contributed by atoms with Crippen LogP contribution in [0.5, 0.6) is 11.5 Å². The van der Waals surface area contributed by atoms with Crippen LogP contribution in [0.4, 0.5) is 0 Å². The van der Waals surface area contributed by atoms with Crippen molar-refractivity contribution in [3.63, 3.8) is 0 Å². The Kier molecular flexibility index (Phi) is 6.75. The van der Waals surface area contributed by atoms with Gasteiger partial charge in [0.05, 0.1) is 6.04 Å². The van der Waals surface area contributed by atoms with E-state index in [1.54, 1.807) is 12.1 Å². The fraction of sp³-hybridized carbons (Fsp3) is 0.350. The number of nitrogens with one attached hydrogen (secondary N) is 2. The molecule has 0 bridgehead atoms. The molecule has 1 atom stereocenters. The topological polar surface area (TPSA) is 59.6 Å². The minimum Gasteiger partial charge on any atom is -0.490 e. The Morgan fingerprint density at radius 3 is 2.23 bits per heavy atom. The van der Waals surface area contributed by atoms with Crippen molar-refractivity contribution < 1.29 is 14.3 Å². The SMILES string of the molecule is O=C(NCc1ccc(OCCOc2ccc(Cl)cc2)cc1)C1CCCN1. The highest BCUT2D eigenvalue weighted by molar-refractivity contribution is 6.30. The largest absolute Gasteiger partial charge is 0.490 e. The first kappa shape index (κ1) is 18.5. The minimum absolute atomic E-state index is 0.0433. The third-order valence-electron chi connectivity index (χ3n) is 4.20. The molecule has 6 heteroatoms. The lowest BCUT2D eigenvalue weighted by Crippen LogP contribution is -2.39. The Balaban J connectivity index is 1.35. The molecule has 2 aromatic carbocycles. The van der Waals surface area contributed by atoms with E-state index in [-0.39, 0.29) is 11.9 Å². The third-order valence-corrected chi connectivity index (χ3v) is 4.45. The number of benzene rings is 2. The van der Waals surface area contributed by atoms with Gasteiger partial charge >= 0.3 is 0 Å². The van der Waals surface area contributed by atoms with Crippen molar-refractivity contribution in [2.75, 3.05) is 19.8 Å². The van der Waals surface area contributed by atoms with Gasteiger partial charge in [0.1, 0.15) is 24.7 Å².